The van der Waals surface area contributed by atoms with Crippen LogP contribution in [0.15, 0.2) is 11.6 Å². The monoisotopic (exact) mass is 538 g/mol. The highest BCUT2D eigenvalue weighted by molar-refractivity contribution is 5.90. The van der Waals surface area contributed by atoms with E-state index in [9.17, 15) is 14.7 Å². The van der Waals surface area contributed by atoms with Crippen molar-refractivity contribution in [1.29, 1.82) is 0 Å². The highest BCUT2D eigenvalue weighted by atomic mass is 16.5. The summed E-state index contributed by atoms with van der Waals surface area (Å²) in [5.74, 6) is 0.678. The van der Waals surface area contributed by atoms with Gasteiger partial charge in [-0.3, -0.25) is 4.79 Å². The second-order valence-electron chi connectivity index (χ2n) is 15.0. The molecule has 3 saturated heterocycles. The minimum Gasteiger partial charge on any atom is -0.481 e. The maximum Gasteiger partial charge on any atom is 0.315 e. The van der Waals surface area contributed by atoms with Gasteiger partial charge in [0.05, 0.1) is 17.6 Å². The zero-order valence-electron chi connectivity index (χ0n) is 24.4. The Morgan fingerprint density at radius 1 is 1.08 bits per heavy atom. The number of hydrogen-bond donors (Lipinski definition) is 1. The summed E-state index contributed by atoms with van der Waals surface area (Å²) in [5.41, 5.74) is -1.35. The SMILES string of the molecule is CC(C)C1=CC2CC3(C=O)[C@@H]4CC[C@@H](C)[C@H]4CC2(C2CCC(CN4CCC(N5CCCC5)CC4)O2)C13C(=O)O. The van der Waals surface area contributed by atoms with Crippen LogP contribution in [0, 0.1) is 45.8 Å². The number of hydrogen-bond acceptors (Lipinski definition) is 5. The van der Waals surface area contributed by atoms with E-state index < -0.39 is 22.2 Å². The maximum absolute atomic E-state index is 13.8. The number of aldehydes is 1. The van der Waals surface area contributed by atoms with Crippen molar-refractivity contribution in [1.82, 2.24) is 9.80 Å². The number of carbonyl (C=O) groups is 2. The van der Waals surface area contributed by atoms with Crippen molar-refractivity contribution in [3.05, 3.63) is 11.6 Å². The molecule has 7 rings (SSSR count). The predicted octanol–water partition coefficient (Wildman–Crippen LogP) is 5.02. The Bertz CT molecular complexity index is 1030. The van der Waals surface area contributed by atoms with Gasteiger partial charge in [-0.05, 0) is 114 Å². The summed E-state index contributed by atoms with van der Waals surface area (Å²) >= 11 is 0. The lowest BCUT2D eigenvalue weighted by atomic mass is 9.41. The Morgan fingerprint density at radius 2 is 1.82 bits per heavy atom. The van der Waals surface area contributed by atoms with E-state index in [-0.39, 0.29) is 30.0 Å². The third-order valence-corrected chi connectivity index (χ3v) is 13.4. The van der Waals surface area contributed by atoms with Gasteiger partial charge in [0, 0.05) is 18.0 Å². The molecule has 0 aromatic carbocycles. The normalized spacial score (nSPS) is 48.2. The van der Waals surface area contributed by atoms with Gasteiger partial charge in [-0.25, -0.2) is 0 Å². The van der Waals surface area contributed by atoms with E-state index in [1.807, 2.05) is 0 Å². The number of likely N-dealkylation sites (tertiary alicyclic amines) is 2. The smallest absolute Gasteiger partial charge is 0.315 e. The fraction of sp³-hybridized carbons (Fsp3) is 0.879. The number of carboxylic acid groups (broad SMARTS) is 1. The molecule has 9 atom stereocenters. The first-order valence-corrected chi connectivity index (χ1v) is 16.3. The second kappa shape index (κ2) is 9.39. The van der Waals surface area contributed by atoms with Crippen LogP contribution in [-0.2, 0) is 14.3 Å². The number of ether oxygens (including phenoxy) is 1. The van der Waals surface area contributed by atoms with E-state index in [1.54, 1.807) is 0 Å². The summed E-state index contributed by atoms with van der Waals surface area (Å²) in [6.07, 6.45) is 14.5. The molecular formula is C33H50N2O4. The molecule has 3 aliphatic heterocycles. The molecule has 0 aromatic rings. The largest absolute Gasteiger partial charge is 0.481 e. The van der Waals surface area contributed by atoms with Crippen LogP contribution in [0.5, 0.6) is 0 Å². The number of aliphatic carboxylic acids is 1. The van der Waals surface area contributed by atoms with Crippen LogP contribution in [-0.4, -0.2) is 78.1 Å². The molecule has 4 aliphatic carbocycles. The van der Waals surface area contributed by atoms with Gasteiger partial charge >= 0.3 is 5.97 Å². The number of nitrogens with zero attached hydrogens (tertiary/aromatic N) is 2. The Hall–Kier alpha value is -1.24. The topological polar surface area (TPSA) is 70.1 Å². The Kier molecular flexibility index (Phi) is 6.41. The molecule has 1 N–H and O–H groups in total. The van der Waals surface area contributed by atoms with Crippen LogP contribution in [0.2, 0.25) is 0 Å². The Balaban J connectivity index is 1.16. The van der Waals surface area contributed by atoms with E-state index in [4.69, 9.17) is 4.74 Å². The molecule has 0 radical (unpaired) electrons. The average molecular weight is 539 g/mol. The first-order valence-electron chi connectivity index (χ1n) is 16.3. The number of carboxylic acids is 1. The molecular weight excluding hydrogens is 488 g/mol. The first kappa shape index (κ1) is 26.6. The third-order valence-electron chi connectivity index (χ3n) is 13.4. The molecule has 6 fully saturated rings. The van der Waals surface area contributed by atoms with Crippen LogP contribution in [0.25, 0.3) is 0 Å². The molecule has 39 heavy (non-hydrogen) atoms. The minimum absolute atomic E-state index is 0.0752. The molecule has 6 heteroatoms. The molecule has 216 valence electrons. The van der Waals surface area contributed by atoms with Crippen LogP contribution < -0.4 is 0 Å². The van der Waals surface area contributed by atoms with E-state index in [0.717, 1.165) is 69.6 Å². The first-order chi connectivity index (χ1) is 18.8. The summed E-state index contributed by atoms with van der Waals surface area (Å²) in [5, 5.41) is 11.3. The summed E-state index contributed by atoms with van der Waals surface area (Å²) in [7, 11) is 0. The quantitative estimate of drug-likeness (QED) is 0.363. The number of allylic oxidation sites excluding steroid dienone is 1. The molecule has 6 nitrogen and oxygen atoms in total. The van der Waals surface area contributed by atoms with Crippen molar-refractivity contribution < 1.29 is 19.4 Å². The van der Waals surface area contributed by atoms with Gasteiger partial charge in [0.1, 0.15) is 11.7 Å². The summed E-state index contributed by atoms with van der Waals surface area (Å²) < 4.78 is 7.04. The van der Waals surface area contributed by atoms with Crippen molar-refractivity contribution >= 4 is 12.3 Å². The highest BCUT2D eigenvalue weighted by Gasteiger charge is 2.86. The van der Waals surface area contributed by atoms with Gasteiger partial charge in [0.25, 0.3) is 0 Å². The fourth-order valence-electron chi connectivity index (χ4n) is 11.9. The molecule has 3 heterocycles. The van der Waals surface area contributed by atoms with Crippen molar-refractivity contribution in [2.24, 2.45) is 45.8 Å². The molecule has 6 unspecified atom stereocenters. The zero-order valence-corrected chi connectivity index (χ0v) is 24.4. The number of piperidine rings is 1. The van der Waals surface area contributed by atoms with Gasteiger partial charge in [0.2, 0.25) is 0 Å². The Morgan fingerprint density at radius 3 is 2.49 bits per heavy atom. The standard InChI is InChI=1S/C33H50N2O4/c1-21(2)28-16-23-17-31(20-36)27-8-6-22(3)26(27)18-32(23,33(28,31)30(37)38)29-9-7-25(39-29)19-34-14-10-24(11-15-34)35-12-4-5-13-35/h16,20-27,29H,4-15,17-19H2,1-3H3,(H,37,38)/t22-,23?,25?,26-,27-,29?,31?,32?,33?/m1/s1. The highest BCUT2D eigenvalue weighted by Crippen LogP contribution is 2.84. The van der Waals surface area contributed by atoms with Crippen LogP contribution in [0.4, 0.5) is 0 Å². The van der Waals surface area contributed by atoms with Crippen molar-refractivity contribution in [2.45, 2.75) is 103 Å². The molecule has 7 aliphatic rings. The van der Waals surface area contributed by atoms with Crippen molar-refractivity contribution in [3.8, 4) is 0 Å². The third kappa shape index (κ3) is 3.37. The molecule has 4 bridgehead atoms. The van der Waals surface area contributed by atoms with E-state index in [0.29, 0.717) is 18.3 Å². The minimum atomic E-state index is -1.11. The number of carbonyl (C=O) groups excluding carboxylic acids is 1. The predicted molar refractivity (Wildman–Crippen MR) is 150 cm³/mol. The molecule has 0 spiro atoms. The Labute approximate surface area is 234 Å². The molecule has 3 saturated carbocycles. The lowest BCUT2D eigenvalue weighted by Gasteiger charge is -2.60. The van der Waals surface area contributed by atoms with E-state index >= 15 is 0 Å². The zero-order chi connectivity index (χ0) is 27.2. The van der Waals surface area contributed by atoms with Gasteiger partial charge in [-0.1, -0.05) is 38.8 Å². The van der Waals surface area contributed by atoms with Crippen molar-refractivity contribution in [2.75, 3.05) is 32.7 Å². The fourth-order valence-corrected chi connectivity index (χ4v) is 11.9. The number of rotatable bonds is 7. The molecule has 0 amide bonds. The van der Waals surface area contributed by atoms with Gasteiger partial charge in [-0.2, -0.15) is 0 Å². The second-order valence-corrected chi connectivity index (χ2v) is 15.0. The van der Waals surface area contributed by atoms with Crippen LogP contribution in [0.3, 0.4) is 0 Å². The average Bonchev–Trinajstić information content (AvgIpc) is 3.74. The van der Waals surface area contributed by atoms with Gasteiger partial charge in [-0.15, -0.1) is 0 Å². The summed E-state index contributed by atoms with van der Waals surface area (Å²) in [6, 6.07) is 0.755. The summed E-state index contributed by atoms with van der Waals surface area (Å²) in [4.78, 5) is 32.4. The lowest BCUT2D eigenvalue weighted by molar-refractivity contribution is -0.197. The maximum atomic E-state index is 13.8. The van der Waals surface area contributed by atoms with E-state index in [1.165, 1.54) is 38.8 Å². The number of fused-ring (bicyclic) bond motifs is 2. The molecule has 0 aromatic heterocycles. The van der Waals surface area contributed by atoms with Crippen LogP contribution in [0.1, 0.15) is 85.0 Å². The van der Waals surface area contributed by atoms with Gasteiger partial charge < -0.3 is 24.4 Å². The lowest BCUT2D eigenvalue weighted by Crippen LogP contribution is -2.65. The van der Waals surface area contributed by atoms with Crippen LogP contribution >= 0.6 is 0 Å². The summed E-state index contributed by atoms with van der Waals surface area (Å²) in [6.45, 7) is 12.4. The van der Waals surface area contributed by atoms with E-state index in [2.05, 4.69) is 36.6 Å². The van der Waals surface area contributed by atoms with Crippen molar-refractivity contribution in [3.63, 3.8) is 0 Å². The van der Waals surface area contributed by atoms with Gasteiger partial charge in [0.15, 0.2) is 0 Å².